The number of anilines is 1. The zero-order valence-corrected chi connectivity index (χ0v) is 19.5. The van der Waals surface area contributed by atoms with E-state index in [0.717, 1.165) is 16.0 Å². The predicted octanol–water partition coefficient (Wildman–Crippen LogP) is 3.69. The molecular formula is C26H25ClN2O5. The first-order valence-electron chi connectivity index (χ1n) is 11.1. The first-order chi connectivity index (χ1) is 16.3. The molecule has 7 nitrogen and oxygen atoms in total. The van der Waals surface area contributed by atoms with Gasteiger partial charge in [-0.05, 0) is 43.0 Å². The molecule has 0 unspecified atom stereocenters. The Bertz CT molecular complexity index is 1120. The molecule has 1 heterocycles. The van der Waals surface area contributed by atoms with E-state index in [1.807, 2.05) is 49.4 Å². The monoisotopic (exact) mass is 480 g/mol. The summed E-state index contributed by atoms with van der Waals surface area (Å²) in [4.78, 5) is 52.7. The molecule has 34 heavy (non-hydrogen) atoms. The van der Waals surface area contributed by atoms with Crippen LogP contribution in [0.4, 0.5) is 5.69 Å². The van der Waals surface area contributed by atoms with E-state index in [1.54, 1.807) is 18.2 Å². The minimum Gasteiger partial charge on any atom is -0.454 e. The molecule has 1 aliphatic carbocycles. The van der Waals surface area contributed by atoms with Gasteiger partial charge < -0.3 is 10.1 Å². The third-order valence-corrected chi connectivity index (χ3v) is 6.61. The summed E-state index contributed by atoms with van der Waals surface area (Å²) >= 11 is 6.08. The number of fused-ring (bicyclic) bond motifs is 1. The molecular weight excluding hydrogens is 456 g/mol. The Morgan fingerprint density at radius 3 is 2.32 bits per heavy atom. The Hall–Kier alpha value is -3.45. The second-order valence-corrected chi connectivity index (χ2v) is 8.93. The van der Waals surface area contributed by atoms with Gasteiger partial charge in [0.2, 0.25) is 11.8 Å². The van der Waals surface area contributed by atoms with Crippen molar-refractivity contribution in [2.24, 2.45) is 11.8 Å². The number of benzene rings is 2. The summed E-state index contributed by atoms with van der Waals surface area (Å²) in [6.07, 6.45) is 4.84. The Kier molecular flexibility index (Phi) is 7.12. The summed E-state index contributed by atoms with van der Waals surface area (Å²) in [5, 5.41) is 3.13. The van der Waals surface area contributed by atoms with Crippen LogP contribution in [0.5, 0.6) is 0 Å². The van der Waals surface area contributed by atoms with E-state index in [9.17, 15) is 19.2 Å². The molecule has 0 saturated carbocycles. The van der Waals surface area contributed by atoms with Crippen LogP contribution >= 0.6 is 11.6 Å². The molecule has 1 fully saturated rings. The number of likely N-dealkylation sites (tertiary alicyclic amines) is 1. The average Bonchev–Trinajstić information content (AvgIpc) is 3.09. The number of allylic oxidation sites excluding steroid dienone is 2. The largest absolute Gasteiger partial charge is 0.454 e. The fourth-order valence-corrected chi connectivity index (χ4v) is 4.53. The highest BCUT2D eigenvalue weighted by Crippen LogP contribution is 2.36. The number of aryl methyl sites for hydroxylation is 1. The summed E-state index contributed by atoms with van der Waals surface area (Å²) in [7, 11) is 0. The topological polar surface area (TPSA) is 92.8 Å². The van der Waals surface area contributed by atoms with E-state index in [0.29, 0.717) is 23.6 Å². The van der Waals surface area contributed by atoms with Gasteiger partial charge in [0.25, 0.3) is 5.91 Å². The van der Waals surface area contributed by atoms with Crippen molar-refractivity contribution in [3.8, 4) is 0 Å². The first kappa shape index (κ1) is 23.7. The lowest BCUT2D eigenvalue weighted by Crippen LogP contribution is -2.48. The van der Waals surface area contributed by atoms with Crippen molar-refractivity contribution in [2.75, 3.05) is 11.9 Å². The quantitative estimate of drug-likeness (QED) is 0.370. The zero-order chi connectivity index (χ0) is 24.2. The maximum atomic E-state index is 13.1. The molecule has 1 saturated heterocycles. The highest BCUT2D eigenvalue weighted by Gasteiger charge is 2.51. The van der Waals surface area contributed by atoms with Crippen LogP contribution in [0.25, 0.3) is 0 Å². The third-order valence-electron chi connectivity index (χ3n) is 6.20. The van der Waals surface area contributed by atoms with Gasteiger partial charge in [-0.15, -0.1) is 0 Å². The number of hydrogen-bond acceptors (Lipinski definition) is 5. The van der Waals surface area contributed by atoms with Crippen molar-refractivity contribution in [3.05, 3.63) is 76.8 Å². The highest BCUT2D eigenvalue weighted by atomic mass is 35.5. The van der Waals surface area contributed by atoms with Crippen LogP contribution in [0.1, 0.15) is 24.0 Å². The molecule has 0 bridgehead atoms. The second-order valence-electron chi connectivity index (χ2n) is 8.53. The molecule has 0 aromatic heterocycles. The molecule has 1 aliphatic heterocycles. The molecule has 0 spiro atoms. The maximum absolute atomic E-state index is 13.1. The van der Waals surface area contributed by atoms with Gasteiger partial charge in [-0.1, -0.05) is 60.2 Å². The van der Waals surface area contributed by atoms with Crippen LogP contribution in [0, 0.1) is 18.8 Å². The smallest absolute Gasteiger partial charge is 0.330 e. The first-order valence-corrected chi connectivity index (χ1v) is 11.5. The number of rotatable bonds is 7. The molecule has 3 amide bonds. The Balaban J connectivity index is 1.48. The van der Waals surface area contributed by atoms with Gasteiger partial charge in [-0.3, -0.25) is 19.3 Å². The van der Waals surface area contributed by atoms with Crippen LogP contribution in [-0.2, 0) is 30.3 Å². The minimum atomic E-state index is -1.14. The average molecular weight is 481 g/mol. The van der Waals surface area contributed by atoms with E-state index in [1.165, 1.54) is 0 Å². The van der Waals surface area contributed by atoms with Gasteiger partial charge in [-0.25, -0.2) is 4.79 Å². The fourth-order valence-electron chi connectivity index (χ4n) is 4.35. The van der Waals surface area contributed by atoms with Gasteiger partial charge in [-0.2, -0.15) is 0 Å². The lowest BCUT2D eigenvalue weighted by molar-refractivity contribution is -0.159. The van der Waals surface area contributed by atoms with Gasteiger partial charge in [0.15, 0.2) is 6.61 Å². The molecule has 0 radical (unpaired) electrons. The molecule has 4 rings (SSSR count). The van der Waals surface area contributed by atoms with Crippen molar-refractivity contribution in [1.29, 1.82) is 0 Å². The number of carbonyl (C=O) groups excluding carboxylic acids is 4. The summed E-state index contributed by atoms with van der Waals surface area (Å²) in [5.74, 6) is -3.00. The van der Waals surface area contributed by atoms with Crippen molar-refractivity contribution >= 4 is 41.0 Å². The maximum Gasteiger partial charge on any atom is 0.330 e. The number of nitrogens with one attached hydrogen (secondary N) is 1. The minimum absolute atomic E-state index is 0.110. The lowest BCUT2D eigenvalue weighted by Gasteiger charge is -2.25. The third kappa shape index (κ3) is 5.04. The molecule has 1 N–H and O–H groups in total. The lowest BCUT2D eigenvalue weighted by atomic mass is 9.85. The number of halogens is 1. The summed E-state index contributed by atoms with van der Waals surface area (Å²) in [6, 6.07) is 13.0. The summed E-state index contributed by atoms with van der Waals surface area (Å²) in [5.41, 5.74) is 2.11. The van der Waals surface area contributed by atoms with Crippen molar-refractivity contribution in [3.63, 3.8) is 0 Å². The van der Waals surface area contributed by atoms with Crippen molar-refractivity contribution in [1.82, 2.24) is 4.90 Å². The number of esters is 1. The van der Waals surface area contributed by atoms with E-state index < -0.39 is 36.4 Å². The van der Waals surface area contributed by atoms with Gasteiger partial charge in [0.05, 0.1) is 11.8 Å². The van der Waals surface area contributed by atoms with Crippen molar-refractivity contribution < 1.29 is 23.9 Å². The Morgan fingerprint density at radius 1 is 1.06 bits per heavy atom. The molecule has 2 aliphatic rings. The van der Waals surface area contributed by atoms with E-state index in [-0.39, 0.29) is 18.2 Å². The molecule has 2 aromatic carbocycles. The Morgan fingerprint density at radius 2 is 1.71 bits per heavy atom. The van der Waals surface area contributed by atoms with E-state index in [4.69, 9.17) is 16.3 Å². The number of amides is 3. The van der Waals surface area contributed by atoms with Crippen molar-refractivity contribution in [2.45, 2.75) is 32.2 Å². The number of imide groups is 1. The Labute approximate surface area is 202 Å². The van der Waals surface area contributed by atoms with Crippen LogP contribution in [0.2, 0.25) is 5.02 Å². The van der Waals surface area contributed by atoms with Gasteiger partial charge in [0, 0.05) is 17.1 Å². The highest BCUT2D eigenvalue weighted by molar-refractivity contribution is 6.31. The van der Waals surface area contributed by atoms with E-state index in [2.05, 4.69) is 5.32 Å². The van der Waals surface area contributed by atoms with Crippen LogP contribution in [0.15, 0.2) is 60.7 Å². The molecule has 2 aromatic rings. The SMILES string of the molecule is Cc1ccc(NC(=O)COC(=O)[C@H](Cc2ccccc2)N2C(=O)[C@@H]3CC=CC[C@H]3C2=O)cc1Cl. The normalized spacial score (nSPS) is 20.1. The number of carbonyl (C=O) groups is 4. The number of nitrogens with zero attached hydrogens (tertiary/aromatic N) is 1. The van der Waals surface area contributed by atoms with Gasteiger partial charge >= 0.3 is 5.97 Å². The van der Waals surface area contributed by atoms with E-state index >= 15 is 0 Å². The second kappa shape index (κ2) is 10.2. The standard InChI is InChI=1S/C26H25ClN2O5/c1-16-11-12-18(14-21(16)27)28-23(30)15-34-26(33)22(13-17-7-3-2-4-8-17)29-24(31)19-9-5-6-10-20(19)25(29)32/h2-8,11-12,14,19-20,22H,9-10,13,15H2,1H3,(H,28,30)/t19-,20-,22+/m1/s1. The molecule has 8 heteroatoms. The summed E-state index contributed by atoms with van der Waals surface area (Å²) in [6.45, 7) is 1.29. The predicted molar refractivity (Wildman–Crippen MR) is 127 cm³/mol. The fraction of sp³-hybridized carbons (Fsp3) is 0.308. The summed E-state index contributed by atoms with van der Waals surface area (Å²) < 4.78 is 5.28. The zero-order valence-electron chi connectivity index (χ0n) is 18.7. The van der Waals surface area contributed by atoms with Crippen LogP contribution in [0.3, 0.4) is 0 Å². The van der Waals surface area contributed by atoms with Crippen LogP contribution in [-0.4, -0.2) is 41.2 Å². The number of ether oxygens (including phenoxy) is 1. The molecule has 176 valence electrons. The number of hydrogen-bond donors (Lipinski definition) is 1. The van der Waals surface area contributed by atoms with Gasteiger partial charge in [0.1, 0.15) is 6.04 Å². The molecule has 3 atom stereocenters. The van der Waals surface area contributed by atoms with Crippen LogP contribution < -0.4 is 5.32 Å².